The topological polar surface area (TPSA) is 95.1 Å². The van der Waals surface area contributed by atoms with Crippen molar-refractivity contribution < 1.29 is 13.9 Å². The number of methoxy groups -OCH3 is 1. The highest BCUT2D eigenvalue weighted by Gasteiger charge is 2.18. The number of aromatic nitrogens is 4. The number of hydrogen-bond acceptors (Lipinski definition) is 8. The molecule has 4 aromatic rings. The van der Waals surface area contributed by atoms with Crippen LogP contribution in [0.5, 0.6) is 5.75 Å². The molecule has 0 saturated carbocycles. The predicted molar refractivity (Wildman–Crippen MR) is 104 cm³/mol. The Morgan fingerprint density at radius 1 is 1.41 bits per heavy atom. The molecule has 0 saturated heterocycles. The van der Waals surface area contributed by atoms with Gasteiger partial charge in [0.1, 0.15) is 0 Å². The number of carbonyl (C=O) groups is 1. The number of para-hydroxylation sites is 1. The summed E-state index contributed by atoms with van der Waals surface area (Å²) in [4.78, 5) is 16.0. The SMILES string of the molecule is COc1cccc2cc(-c3nnc(SCC(=O)Nc4nccs4)n3C)oc12. The molecular formula is C17H15N5O3S2. The number of thiazole rings is 1. The highest BCUT2D eigenvalue weighted by molar-refractivity contribution is 7.99. The quantitative estimate of drug-likeness (QED) is 0.495. The smallest absolute Gasteiger partial charge is 0.236 e. The molecule has 138 valence electrons. The van der Waals surface area contributed by atoms with Crippen molar-refractivity contribution in [2.75, 3.05) is 18.2 Å². The first kappa shape index (κ1) is 17.6. The first-order chi connectivity index (χ1) is 13.2. The molecule has 0 fully saturated rings. The third kappa shape index (κ3) is 3.53. The average molecular weight is 401 g/mol. The van der Waals surface area contributed by atoms with Crippen molar-refractivity contribution >= 4 is 45.1 Å². The molecule has 0 radical (unpaired) electrons. The van der Waals surface area contributed by atoms with Gasteiger partial charge < -0.3 is 19.0 Å². The second-order valence-corrected chi connectivity index (χ2v) is 7.37. The van der Waals surface area contributed by atoms with E-state index in [4.69, 9.17) is 9.15 Å². The summed E-state index contributed by atoms with van der Waals surface area (Å²) >= 11 is 2.67. The maximum Gasteiger partial charge on any atom is 0.236 e. The normalized spacial score (nSPS) is 11.0. The van der Waals surface area contributed by atoms with E-state index in [1.54, 1.807) is 23.3 Å². The Hall–Kier alpha value is -2.85. The molecule has 3 aromatic heterocycles. The van der Waals surface area contributed by atoms with Gasteiger partial charge in [-0.1, -0.05) is 23.9 Å². The van der Waals surface area contributed by atoms with Crippen LogP contribution in [0.4, 0.5) is 5.13 Å². The third-order valence-electron chi connectivity index (χ3n) is 3.79. The van der Waals surface area contributed by atoms with Crippen molar-refractivity contribution in [2.45, 2.75) is 5.16 Å². The van der Waals surface area contributed by atoms with Crippen molar-refractivity contribution in [3.8, 4) is 17.3 Å². The molecule has 27 heavy (non-hydrogen) atoms. The lowest BCUT2D eigenvalue weighted by Gasteiger charge is -2.02. The minimum atomic E-state index is -0.145. The number of nitrogens with zero attached hydrogens (tertiary/aromatic N) is 4. The molecule has 10 heteroatoms. The fourth-order valence-electron chi connectivity index (χ4n) is 2.53. The van der Waals surface area contributed by atoms with Crippen LogP contribution in [0.3, 0.4) is 0 Å². The molecule has 0 aliphatic rings. The van der Waals surface area contributed by atoms with Gasteiger partial charge in [-0.05, 0) is 12.1 Å². The van der Waals surface area contributed by atoms with Gasteiger partial charge in [-0.3, -0.25) is 4.79 Å². The minimum absolute atomic E-state index is 0.145. The van der Waals surface area contributed by atoms with E-state index in [2.05, 4.69) is 20.5 Å². The minimum Gasteiger partial charge on any atom is -0.493 e. The van der Waals surface area contributed by atoms with E-state index in [0.29, 0.717) is 33.2 Å². The van der Waals surface area contributed by atoms with Gasteiger partial charge in [-0.15, -0.1) is 21.5 Å². The van der Waals surface area contributed by atoms with Crippen LogP contribution < -0.4 is 10.1 Å². The van der Waals surface area contributed by atoms with E-state index >= 15 is 0 Å². The van der Waals surface area contributed by atoms with Crippen LogP contribution in [0.25, 0.3) is 22.6 Å². The summed E-state index contributed by atoms with van der Waals surface area (Å²) in [5, 5.41) is 15.0. The number of hydrogen-bond donors (Lipinski definition) is 1. The van der Waals surface area contributed by atoms with Gasteiger partial charge >= 0.3 is 0 Å². The summed E-state index contributed by atoms with van der Waals surface area (Å²) in [6.45, 7) is 0. The Labute approximate surface area is 162 Å². The maximum absolute atomic E-state index is 12.0. The molecule has 0 aliphatic carbocycles. The molecule has 1 amide bonds. The van der Waals surface area contributed by atoms with Crippen LogP contribution in [-0.4, -0.2) is 38.5 Å². The zero-order valence-electron chi connectivity index (χ0n) is 14.5. The Morgan fingerprint density at radius 3 is 3.07 bits per heavy atom. The van der Waals surface area contributed by atoms with E-state index in [1.807, 2.05) is 31.3 Å². The summed E-state index contributed by atoms with van der Waals surface area (Å²) in [5.41, 5.74) is 0.662. The van der Waals surface area contributed by atoms with Crippen LogP contribution in [0, 0.1) is 0 Å². The summed E-state index contributed by atoms with van der Waals surface area (Å²) in [6.07, 6.45) is 1.64. The van der Waals surface area contributed by atoms with Crippen LogP contribution in [0.1, 0.15) is 0 Å². The maximum atomic E-state index is 12.0. The zero-order valence-corrected chi connectivity index (χ0v) is 16.1. The van der Waals surface area contributed by atoms with Crippen molar-refractivity contribution in [2.24, 2.45) is 7.05 Å². The van der Waals surface area contributed by atoms with Gasteiger partial charge in [0.25, 0.3) is 0 Å². The van der Waals surface area contributed by atoms with Crippen molar-refractivity contribution in [3.05, 3.63) is 35.8 Å². The molecule has 3 heterocycles. The Kier molecular flexibility index (Phi) is 4.82. The van der Waals surface area contributed by atoms with E-state index < -0.39 is 0 Å². The number of nitrogens with one attached hydrogen (secondary N) is 1. The van der Waals surface area contributed by atoms with Crippen LogP contribution >= 0.6 is 23.1 Å². The number of fused-ring (bicyclic) bond motifs is 1. The molecular weight excluding hydrogens is 386 g/mol. The summed E-state index contributed by atoms with van der Waals surface area (Å²) in [7, 11) is 3.44. The number of anilines is 1. The van der Waals surface area contributed by atoms with Crippen LogP contribution in [-0.2, 0) is 11.8 Å². The molecule has 8 nitrogen and oxygen atoms in total. The predicted octanol–water partition coefficient (Wildman–Crippen LogP) is 3.42. The van der Waals surface area contributed by atoms with Crippen molar-refractivity contribution in [1.29, 1.82) is 0 Å². The number of furan rings is 1. The van der Waals surface area contributed by atoms with E-state index in [0.717, 1.165) is 5.39 Å². The van der Waals surface area contributed by atoms with Gasteiger partial charge in [0, 0.05) is 24.0 Å². The number of carbonyl (C=O) groups excluding carboxylic acids is 1. The highest BCUT2D eigenvalue weighted by atomic mass is 32.2. The van der Waals surface area contributed by atoms with Crippen LogP contribution in [0.15, 0.2) is 45.4 Å². The lowest BCUT2D eigenvalue weighted by molar-refractivity contribution is -0.113. The number of benzene rings is 1. The van der Waals surface area contributed by atoms with E-state index in [1.165, 1.54) is 23.1 Å². The fraction of sp³-hybridized carbons (Fsp3) is 0.176. The number of thioether (sulfide) groups is 1. The van der Waals surface area contributed by atoms with Gasteiger partial charge in [0.05, 0.1) is 12.9 Å². The largest absolute Gasteiger partial charge is 0.493 e. The lowest BCUT2D eigenvalue weighted by Crippen LogP contribution is -2.14. The van der Waals surface area contributed by atoms with Gasteiger partial charge in [0.2, 0.25) is 5.91 Å². The first-order valence-electron chi connectivity index (χ1n) is 7.94. The summed E-state index contributed by atoms with van der Waals surface area (Å²) in [5.74, 6) is 1.89. The Bertz CT molecular complexity index is 1090. The van der Waals surface area contributed by atoms with Crippen LogP contribution in [0.2, 0.25) is 0 Å². The monoisotopic (exact) mass is 401 g/mol. The second kappa shape index (κ2) is 7.41. The van der Waals surface area contributed by atoms with Crippen molar-refractivity contribution in [1.82, 2.24) is 19.7 Å². The molecule has 1 N–H and O–H groups in total. The number of ether oxygens (including phenoxy) is 1. The Balaban J connectivity index is 1.51. The lowest BCUT2D eigenvalue weighted by atomic mass is 10.2. The van der Waals surface area contributed by atoms with Crippen molar-refractivity contribution in [3.63, 3.8) is 0 Å². The molecule has 0 spiro atoms. The van der Waals surface area contributed by atoms with Gasteiger partial charge in [-0.2, -0.15) is 0 Å². The first-order valence-corrected chi connectivity index (χ1v) is 9.80. The Morgan fingerprint density at radius 2 is 2.30 bits per heavy atom. The summed E-state index contributed by atoms with van der Waals surface area (Å²) in [6, 6.07) is 7.58. The molecule has 0 bridgehead atoms. The van der Waals surface area contributed by atoms with E-state index in [9.17, 15) is 4.79 Å². The van der Waals surface area contributed by atoms with Gasteiger partial charge in [-0.25, -0.2) is 4.98 Å². The standard InChI is InChI=1S/C17H15N5O3S2/c1-22-15(12-8-10-4-3-5-11(24-2)14(10)25-12)20-21-17(22)27-9-13(23)19-16-18-6-7-26-16/h3-8H,9H2,1-2H3,(H,18,19,23). The van der Waals surface area contributed by atoms with E-state index in [-0.39, 0.29) is 11.7 Å². The second-order valence-electron chi connectivity index (χ2n) is 5.53. The fourth-order valence-corrected chi connectivity index (χ4v) is 3.79. The number of rotatable bonds is 6. The zero-order chi connectivity index (χ0) is 18.8. The molecule has 0 unspecified atom stereocenters. The molecule has 0 aliphatic heterocycles. The average Bonchev–Trinajstić information content (AvgIpc) is 3.39. The molecule has 1 aromatic carbocycles. The molecule has 0 atom stereocenters. The summed E-state index contributed by atoms with van der Waals surface area (Å²) < 4.78 is 13.1. The number of amides is 1. The van der Waals surface area contributed by atoms with Gasteiger partial charge in [0.15, 0.2) is 33.2 Å². The highest BCUT2D eigenvalue weighted by Crippen LogP contribution is 2.33. The third-order valence-corrected chi connectivity index (χ3v) is 5.50. The molecule has 4 rings (SSSR count).